The molecule has 0 saturated carbocycles. The predicted octanol–water partition coefficient (Wildman–Crippen LogP) is 6.82. The van der Waals surface area contributed by atoms with Crippen molar-refractivity contribution in [3.05, 3.63) is 108 Å². The summed E-state index contributed by atoms with van der Waals surface area (Å²) in [6.45, 7) is 0. The van der Waals surface area contributed by atoms with Crippen molar-refractivity contribution in [1.29, 1.82) is 0 Å². The Labute approximate surface area is 177 Å². The number of rotatable bonds is 3. The first-order chi connectivity index (χ1) is 14.9. The maximum Gasteiger partial charge on any atom is 0.420 e. The minimum Gasteiger partial charge on any atom is -0.410 e. The maximum atomic E-state index is 13.0. The molecule has 31 heavy (non-hydrogen) atoms. The highest BCUT2D eigenvalue weighted by molar-refractivity contribution is 5.95. The number of carbonyl (C=O) groups excluding carboxylic acids is 1. The second kappa shape index (κ2) is 8.52. The lowest BCUT2D eigenvalue weighted by atomic mass is 10.0. The average Bonchev–Trinajstić information content (AvgIpc) is 2.77. The number of hydrogen-bond acceptors (Lipinski definition) is 2. The molecular weight excluding hydrogens is 403 g/mol. The van der Waals surface area contributed by atoms with E-state index in [2.05, 4.69) is 0 Å². The van der Waals surface area contributed by atoms with Crippen LogP contribution in [0.1, 0.15) is 16.7 Å². The van der Waals surface area contributed by atoms with E-state index in [0.717, 1.165) is 17.7 Å². The number of carbonyl (C=O) groups is 1. The van der Waals surface area contributed by atoms with Crippen LogP contribution in [0.3, 0.4) is 0 Å². The number of halogens is 3. The van der Waals surface area contributed by atoms with Crippen molar-refractivity contribution in [3.8, 4) is 5.75 Å². The summed E-state index contributed by atoms with van der Waals surface area (Å²) in [6.07, 6.45) is 2.26. The number of benzene rings is 3. The van der Waals surface area contributed by atoms with Gasteiger partial charge >= 0.3 is 12.3 Å². The fourth-order valence-corrected chi connectivity index (χ4v) is 3.30. The van der Waals surface area contributed by atoms with Gasteiger partial charge in [-0.1, -0.05) is 72.8 Å². The molecule has 0 radical (unpaired) electrons. The molecule has 1 heterocycles. The summed E-state index contributed by atoms with van der Waals surface area (Å²) < 4.78 is 43.9. The summed E-state index contributed by atoms with van der Waals surface area (Å²) >= 11 is 0. The summed E-state index contributed by atoms with van der Waals surface area (Å²) in [6, 6.07) is 20.6. The Hall–Kier alpha value is -3.80. The van der Waals surface area contributed by atoms with Crippen molar-refractivity contribution >= 4 is 23.9 Å². The maximum absolute atomic E-state index is 13.0. The number of ether oxygens (including phenoxy) is 1. The fraction of sp³-hybridized carbons (Fsp3) is 0.0800. The molecule has 3 aromatic rings. The highest BCUT2D eigenvalue weighted by Gasteiger charge is 2.30. The molecule has 3 nitrogen and oxygen atoms in total. The molecule has 4 rings (SSSR count). The highest BCUT2D eigenvalue weighted by Crippen LogP contribution is 2.32. The number of hydrogen-bond donors (Lipinski definition) is 0. The third kappa shape index (κ3) is 4.69. The van der Waals surface area contributed by atoms with Crippen LogP contribution in [0.2, 0.25) is 0 Å². The minimum atomic E-state index is -4.38. The van der Waals surface area contributed by atoms with Gasteiger partial charge < -0.3 is 4.74 Å². The molecule has 0 saturated heterocycles. The number of fused-ring (bicyclic) bond motifs is 1. The topological polar surface area (TPSA) is 29.5 Å². The molecule has 1 aliphatic heterocycles. The van der Waals surface area contributed by atoms with E-state index >= 15 is 0 Å². The lowest BCUT2D eigenvalue weighted by Crippen LogP contribution is -2.42. The molecule has 0 fully saturated rings. The summed E-state index contributed by atoms with van der Waals surface area (Å²) in [5.74, 6) is 0.421. The standard InChI is InChI=1S/C25H18F3NO2/c26-25(27,28)20-14-10-18(11-15-20)12-16-21-17-13-19-6-4-5-9-23(19)29(21)24(30)31-22-7-2-1-3-8-22/h1-17,21H/b16-12+/t21-/m1/s1. The highest BCUT2D eigenvalue weighted by atomic mass is 19.4. The first-order valence-corrected chi connectivity index (χ1v) is 9.60. The second-order valence-corrected chi connectivity index (χ2v) is 6.94. The zero-order valence-corrected chi connectivity index (χ0v) is 16.3. The van der Waals surface area contributed by atoms with Crippen molar-refractivity contribution in [2.45, 2.75) is 12.2 Å². The van der Waals surface area contributed by atoms with Gasteiger partial charge in [0.1, 0.15) is 5.75 Å². The normalized spacial score (nSPS) is 15.7. The van der Waals surface area contributed by atoms with Crippen LogP contribution in [0.5, 0.6) is 5.75 Å². The molecule has 0 spiro atoms. The van der Waals surface area contributed by atoms with E-state index in [0.29, 0.717) is 17.0 Å². The number of amides is 1. The number of alkyl halides is 3. The van der Waals surface area contributed by atoms with Gasteiger partial charge in [-0.25, -0.2) is 4.79 Å². The minimum absolute atomic E-state index is 0.421. The molecule has 0 unspecified atom stereocenters. The van der Waals surface area contributed by atoms with Crippen LogP contribution >= 0.6 is 0 Å². The molecule has 1 amide bonds. The molecule has 0 aliphatic carbocycles. The van der Waals surface area contributed by atoms with Gasteiger partial charge in [0.2, 0.25) is 0 Å². The summed E-state index contributed by atoms with van der Waals surface area (Å²) in [5.41, 5.74) is 1.44. The Morgan fingerprint density at radius 1 is 0.903 bits per heavy atom. The predicted molar refractivity (Wildman–Crippen MR) is 115 cm³/mol. The summed E-state index contributed by atoms with van der Waals surface area (Å²) in [5, 5.41) is 0. The first-order valence-electron chi connectivity index (χ1n) is 9.60. The average molecular weight is 421 g/mol. The van der Waals surface area contributed by atoms with Crippen molar-refractivity contribution in [2.24, 2.45) is 0 Å². The Morgan fingerprint density at radius 3 is 2.29 bits per heavy atom. The van der Waals surface area contributed by atoms with Crippen molar-refractivity contribution < 1.29 is 22.7 Å². The Balaban J connectivity index is 1.61. The zero-order valence-electron chi connectivity index (χ0n) is 16.3. The lowest BCUT2D eigenvalue weighted by Gasteiger charge is -2.31. The molecule has 1 atom stereocenters. The van der Waals surface area contributed by atoms with Crippen LogP contribution in [-0.2, 0) is 6.18 Å². The lowest BCUT2D eigenvalue weighted by molar-refractivity contribution is -0.137. The van der Waals surface area contributed by atoms with E-state index < -0.39 is 23.9 Å². The van der Waals surface area contributed by atoms with E-state index in [1.807, 2.05) is 42.5 Å². The van der Waals surface area contributed by atoms with Gasteiger partial charge in [0.05, 0.1) is 17.3 Å². The Morgan fingerprint density at radius 2 is 1.58 bits per heavy atom. The third-order valence-electron chi connectivity index (χ3n) is 4.84. The van der Waals surface area contributed by atoms with Crippen LogP contribution in [0.25, 0.3) is 12.2 Å². The summed E-state index contributed by atoms with van der Waals surface area (Å²) in [4.78, 5) is 14.5. The van der Waals surface area contributed by atoms with Crippen LogP contribution in [0.15, 0.2) is 91.0 Å². The van der Waals surface area contributed by atoms with Crippen molar-refractivity contribution in [2.75, 3.05) is 4.90 Å². The molecule has 6 heteroatoms. The molecule has 1 aliphatic rings. The van der Waals surface area contributed by atoms with Gasteiger partial charge in [-0.15, -0.1) is 0 Å². The molecule has 3 aromatic carbocycles. The van der Waals surface area contributed by atoms with E-state index in [9.17, 15) is 18.0 Å². The number of nitrogens with zero attached hydrogens (tertiary/aromatic N) is 1. The second-order valence-electron chi connectivity index (χ2n) is 6.94. The van der Waals surface area contributed by atoms with E-state index in [1.165, 1.54) is 17.0 Å². The molecule has 0 N–H and O–H groups in total. The van der Waals surface area contributed by atoms with Crippen LogP contribution < -0.4 is 9.64 Å². The molecule has 0 bridgehead atoms. The number of para-hydroxylation sites is 2. The number of anilines is 1. The first kappa shape index (κ1) is 20.5. The smallest absolute Gasteiger partial charge is 0.410 e. The SMILES string of the molecule is O=C(Oc1ccccc1)N1c2ccccc2C=C[C@H]1/C=C/c1ccc(C(F)(F)F)cc1. The van der Waals surface area contributed by atoms with Gasteiger partial charge in [-0.2, -0.15) is 13.2 Å². The van der Waals surface area contributed by atoms with E-state index in [-0.39, 0.29) is 0 Å². The Bertz CT molecular complexity index is 1120. The zero-order chi connectivity index (χ0) is 21.8. The van der Waals surface area contributed by atoms with Crippen LogP contribution in [0, 0.1) is 0 Å². The molecule has 0 aromatic heterocycles. The Kier molecular flexibility index (Phi) is 5.62. The quantitative estimate of drug-likeness (QED) is 0.464. The van der Waals surface area contributed by atoms with Crippen LogP contribution in [0.4, 0.5) is 23.7 Å². The van der Waals surface area contributed by atoms with Gasteiger partial charge in [0, 0.05) is 0 Å². The van der Waals surface area contributed by atoms with E-state index in [1.54, 1.807) is 36.4 Å². The molecule has 156 valence electrons. The van der Waals surface area contributed by atoms with Gasteiger partial charge in [-0.05, 0) is 41.5 Å². The van der Waals surface area contributed by atoms with Crippen LogP contribution in [-0.4, -0.2) is 12.1 Å². The van der Waals surface area contributed by atoms with Gasteiger partial charge in [-0.3, -0.25) is 4.90 Å². The van der Waals surface area contributed by atoms with Gasteiger partial charge in [0.15, 0.2) is 0 Å². The van der Waals surface area contributed by atoms with Crippen molar-refractivity contribution in [1.82, 2.24) is 0 Å². The van der Waals surface area contributed by atoms with Gasteiger partial charge in [0.25, 0.3) is 0 Å². The molecular formula is C25H18F3NO2. The monoisotopic (exact) mass is 421 g/mol. The largest absolute Gasteiger partial charge is 0.420 e. The van der Waals surface area contributed by atoms with Crippen molar-refractivity contribution in [3.63, 3.8) is 0 Å². The van der Waals surface area contributed by atoms with E-state index in [4.69, 9.17) is 4.74 Å². The third-order valence-corrected chi connectivity index (χ3v) is 4.84. The fourth-order valence-electron chi connectivity index (χ4n) is 3.30. The summed E-state index contributed by atoms with van der Waals surface area (Å²) in [7, 11) is 0.